The van der Waals surface area contributed by atoms with Crippen molar-refractivity contribution in [2.45, 2.75) is 37.3 Å². The molecule has 1 aliphatic carbocycles. The van der Waals surface area contributed by atoms with Crippen molar-refractivity contribution in [2.24, 2.45) is 12.8 Å². The van der Waals surface area contributed by atoms with Crippen LogP contribution in [0, 0.1) is 0 Å². The van der Waals surface area contributed by atoms with Gasteiger partial charge in [0.05, 0.1) is 23.5 Å². The highest BCUT2D eigenvalue weighted by molar-refractivity contribution is 5.12. The van der Waals surface area contributed by atoms with E-state index in [1.807, 2.05) is 7.05 Å². The third kappa shape index (κ3) is 1.53. The van der Waals surface area contributed by atoms with Crippen LogP contribution in [0.4, 0.5) is 0 Å². The molecule has 0 atom stereocenters. The van der Waals surface area contributed by atoms with E-state index in [2.05, 4.69) is 10.3 Å². The Hall–Kier alpha value is -0.940. The maximum Gasteiger partial charge on any atom is 0.0782 e. The van der Waals surface area contributed by atoms with E-state index >= 15 is 0 Å². The first-order chi connectivity index (χ1) is 6.62. The van der Waals surface area contributed by atoms with Crippen LogP contribution in [0.25, 0.3) is 0 Å². The zero-order chi connectivity index (χ0) is 10.2. The summed E-state index contributed by atoms with van der Waals surface area (Å²) in [7, 11) is 1.85. The van der Waals surface area contributed by atoms with Gasteiger partial charge in [-0.15, -0.1) is 5.10 Å². The molecule has 3 N–H and O–H groups in total. The molecule has 14 heavy (non-hydrogen) atoms. The van der Waals surface area contributed by atoms with Crippen molar-refractivity contribution in [1.82, 2.24) is 15.0 Å². The lowest BCUT2D eigenvalue weighted by Crippen LogP contribution is -2.43. The van der Waals surface area contributed by atoms with E-state index in [1.54, 1.807) is 10.9 Å². The lowest BCUT2D eigenvalue weighted by Gasteiger charge is -2.34. The SMILES string of the molecule is Cn1nncc1C1(N)CCC(O)CC1. The summed E-state index contributed by atoms with van der Waals surface area (Å²) in [4.78, 5) is 0. The molecule has 1 aromatic rings. The standard InChI is InChI=1S/C9H16N4O/c1-13-8(6-11-12-13)9(10)4-2-7(14)3-5-9/h6-7,14H,2-5,10H2,1H3. The second-order valence-electron chi connectivity index (χ2n) is 4.13. The van der Waals surface area contributed by atoms with Crippen LogP contribution >= 0.6 is 0 Å². The minimum atomic E-state index is -0.350. The molecule has 1 fully saturated rings. The molecule has 0 saturated heterocycles. The van der Waals surface area contributed by atoms with Gasteiger partial charge in [-0.3, -0.25) is 4.68 Å². The average molecular weight is 196 g/mol. The molecule has 2 rings (SSSR count). The Morgan fingerprint density at radius 1 is 1.57 bits per heavy atom. The molecule has 0 amide bonds. The number of aryl methyl sites for hydroxylation is 1. The predicted molar refractivity (Wildman–Crippen MR) is 51.3 cm³/mol. The number of aliphatic hydroxyl groups excluding tert-OH is 1. The van der Waals surface area contributed by atoms with Gasteiger partial charge in [-0.2, -0.15) is 0 Å². The van der Waals surface area contributed by atoms with Gasteiger partial charge in [-0.25, -0.2) is 0 Å². The monoisotopic (exact) mass is 196 g/mol. The summed E-state index contributed by atoms with van der Waals surface area (Å²) < 4.78 is 1.72. The van der Waals surface area contributed by atoms with Crippen LogP contribution < -0.4 is 5.73 Å². The second kappa shape index (κ2) is 3.33. The van der Waals surface area contributed by atoms with Gasteiger partial charge in [-0.1, -0.05) is 5.21 Å². The maximum atomic E-state index is 9.41. The van der Waals surface area contributed by atoms with Crippen LogP contribution in [0.15, 0.2) is 6.20 Å². The molecule has 0 radical (unpaired) electrons. The highest BCUT2D eigenvalue weighted by Crippen LogP contribution is 2.33. The van der Waals surface area contributed by atoms with Gasteiger partial charge in [0.15, 0.2) is 0 Å². The van der Waals surface area contributed by atoms with Crippen LogP contribution in [-0.4, -0.2) is 26.2 Å². The Morgan fingerprint density at radius 2 is 2.21 bits per heavy atom. The van der Waals surface area contributed by atoms with Crippen molar-refractivity contribution in [3.8, 4) is 0 Å². The zero-order valence-corrected chi connectivity index (χ0v) is 8.35. The topological polar surface area (TPSA) is 77.0 Å². The molecule has 1 saturated carbocycles. The van der Waals surface area contributed by atoms with Gasteiger partial charge < -0.3 is 10.8 Å². The number of hydrogen-bond donors (Lipinski definition) is 2. The van der Waals surface area contributed by atoms with Crippen molar-refractivity contribution in [1.29, 1.82) is 0 Å². The number of hydrogen-bond acceptors (Lipinski definition) is 4. The maximum absolute atomic E-state index is 9.41. The van der Waals surface area contributed by atoms with Crippen molar-refractivity contribution >= 4 is 0 Å². The summed E-state index contributed by atoms with van der Waals surface area (Å²) in [6.45, 7) is 0. The van der Waals surface area contributed by atoms with Gasteiger partial charge >= 0.3 is 0 Å². The van der Waals surface area contributed by atoms with E-state index in [0.29, 0.717) is 0 Å². The molecule has 0 spiro atoms. The van der Waals surface area contributed by atoms with Gasteiger partial charge in [0, 0.05) is 7.05 Å². The van der Waals surface area contributed by atoms with E-state index in [0.717, 1.165) is 31.4 Å². The normalized spacial score (nSPS) is 33.2. The van der Waals surface area contributed by atoms with Crippen molar-refractivity contribution in [3.63, 3.8) is 0 Å². The number of nitrogens with zero attached hydrogens (tertiary/aromatic N) is 3. The molecular formula is C9H16N4O. The zero-order valence-electron chi connectivity index (χ0n) is 8.35. The Kier molecular flexibility index (Phi) is 2.28. The first-order valence-electron chi connectivity index (χ1n) is 4.94. The summed E-state index contributed by atoms with van der Waals surface area (Å²) in [5, 5.41) is 17.1. The fourth-order valence-corrected chi connectivity index (χ4v) is 2.11. The molecular weight excluding hydrogens is 180 g/mol. The molecule has 78 valence electrons. The smallest absolute Gasteiger partial charge is 0.0782 e. The minimum absolute atomic E-state index is 0.187. The third-order valence-electron chi connectivity index (χ3n) is 3.07. The van der Waals surface area contributed by atoms with E-state index in [-0.39, 0.29) is 11.6 Å². The molecule has 1 heterocycles. The molecule has 0 unspecified atom stereocenters. The lowest BCUT2D eigenvalue weighted by atomic mass is 9.79. The molecule has 0 aliphatic heterocycles. The molecule has 0 bridgehead atoms. The van der Waals surface area contributed by atoms with E-state index in [1.165, 1.54) is 0 Å². The minimum Gasteiger partial charge on any atom is -0.393 e. The predicted octanol–water partition coefficient (Wildman–Crippen LogP) is -0.0960. The first-order valence-corrected chi connectivity index (χ1v) is 4.94. The molecule has 5 heteroatoms. The lowest BCUT2D eigenvalue weighted by molar-refractivity contribution is 0.0943. The summed E-state index contributed by atoms with van der Waals surface area (Å²) in [5.41, 5.74) is 6.89. The Labute approximate surface area is 82.9 Å². The van der Waals surface area contributed by atoms with Crippen molar-refractivity contribution < 1.29 is 5.11 Å². The van der Waals surface area contributed by atoms with Gasteiger partial charge in [0.1, 0.15) is 0 Å². The molecule has 5 nitrogen and oxygen atoms in total. The van der Waals surface area contributed by atoms with Crippen LogP contribution in [0.1, 0.15) is 31.4 Å². The third-order valence-corrected chi connectivity index (χ3v) is 3.07. The highest BCUT2D eigenvalue weighted by atomic mass is 16.3. The van der Waals surface area contributed by atoms with Crippen molar-refractivity contribution in [2.75, 3.05) is 0 Å². The largest absolute Gasteiger partial charge is 0.393 e. The van der Waals surface area contributed by atoms with Crippen molar-refractivity contribution in [3.05, 3.63) is 11.9 Å². The highest BCUT2D eigenvalue weighted by Gasteiger charge is 2.35. The van der Waals surface area contributed by atoms with E-state index in [4.69, 9.17) is 5.73 Å². The van der Waals surface area contributed by atoms with Crippen LogP contribution in [0.2, 0.25) is 0 Å². The van der Waals surface area contributed by atoms with Gasteiger partial charge in [0.2, 0.25) is 0 Å². The second-order valence-corrected chi connectivity index (χ2v) is 4.13. The van der Waals surface area contributed by atoms with Crippen LogP contribution in [0.5, 0.6) is 0 Å². The fraction of sp³-hybridized carbons (Fsp3) is 0.778. The van der Waals surface area contributed by atoms with Crippen LogP contribution in [0.3, 0.4) is 0 Å². The summed E-state index contributed by atoms with van der Waals surface area (Å²) in [6, 6.07) is 0. The molecule has 1 aliphatic rings. The fourth-order valence-electron chi connectivity index (χ4n) is 2.11. The number of nitrogens with two attached hydrogens (primary N) is 1. The Balaban J connectivity index is 2.21. The Morgan fingerprint density at radius 3 is 2.71 bits per heavy atom. The summed E-state index contributed by atoms with van der Waals surface area (Å²) in [5.74, 6) is 0. The average Bonchev–Trinajstić information content (AvgIpc) is 2.58. The number of aliphatic hydroxyl groups is 1. The summed E-state index contributed by atoms with van der Waals surface area (Å²) in [6.07, 6.45) is 4.67. The van der Waals surface area contributed by atoms with Gasteiger partial charge in [-0.05, 0) is 25.7 Å². The molecule has 1 aromatic heterocycles. The molecule has 0 aromatic carbocycles. The number of aromatic nitrogens is 3. The Bertz CT molecular complexity index is 314. The van der Waals surface area contributed by atoms with Gasteiger partial charge in [0.25, 0.3) is 0 Å². The van der Waals surface area contributed by atoms with E-state index in [9.17, 15) is 5.11 Å². The first kappa shape index (κ1) is 9.61. The number of rotatable bonds is 1. The van der Waals surface area contributed by atoms with E-state index < -0.39 is 0 Å². The van der Waals surface area contributed by atoms with Crippen LogP contribution in [-0.2, 0) is 12.6 Å². The quantitative estimate of drug-likeness (QED) is 0.657. The summed E-state index contributed by atoms with van der Waals surface area (Å²) >= 11 is 0.